The minimum Gasteiger partial charge on any atom is -0.481 e. The summed E-state index contributed by atoms with van der Waals surface area (Å²) in [6, 6.07) is 7.87. The van der Waals surface area contributed by atoms with Gasteiger partial charge in [0.25, 0.3) is 0 Å². The number of carboxylic acid groups (broad SMARTS) is 2. The Labute approximate surface area is 120 Å². The predicted molar refractivity (Wildman–Crippen MR) is 79.0 cm³/mol. The first kappa shape index (κ1) is 18.2. The monoisotopic (exact) mass is 280 g/mol. The van der Waals surface area contributed by atoms with Gasteiger partial charge in [-0.25, -0.2) is 0 Å². The van der Waals surface area contributed by atoms with Crippen LogP contribution in [-0.4, -0.2) is 22.2 Å². The van der Waals surface area contributed by atoms with Crippen LogP contribution >= 0.6 is 0 Å². The van der Waals surface area contributed by atoms with E-state index in [1.165, 1.54) is 5.56 Å². The van der Waals surface area contributed by atoms with Gasteiger partial charge < -0.3 is 10.2 Å². The van der Waals surface area contributed by atoms with Crippen LogP contribution in [0.2, 0.25) is 0 Å². The second-order valence-electron chi connectivity index (χ2n) is 5.15. The van der Waals surface area contributed by atoms with Crippen molar-refractivity contribution < 1.29 is 19.8 Å². The molecule has 4 nitrogen and oxygen atoms in total. The Balaban J connectivity index is 0.000000621. The van der Waals surface area contributed by atoms with E-state index in [0.29, 0.717) is 5.92 Å². The molecule has 0 bridgehead atoms. The molecule has 1 aromatic rings. The number of hydrogen-bond acceptors (Lipinski definition) is 2. The lowest BCUT2D eigenvalue weighted by Crippen LogP contribution is -2.07. The van der Waals surface area contributed by atoms with Crippen molar-refractivity contribution in [2.45, 2.75) is 46.5 Å². The first-order valence-electron chi connectivity index (χ1n) is 6.81. The zero-order valence-corrected chi connectivity index (χ0v) is 12.6. The van der Waals surface area contributed by atoms with Crippen molar-refractivity contribution in [3.63, 3.8) is 0 Å². The van der Waals surface area contributed by atoms with Crippen LogP contribution in [0.25, 0.3) is 0 Å². The summed E-state index contributed by atoms with van der Waals surface area (Å²) in [5.41, 5.74) is 2.14. The summed E-state index contributed by atoms with van der Waals surface area (Å²) in [6.45, 7) is 7.66. The van der Waals surface area contributed by atoms with E-state index in [2.05, 4.69) is 13.8 Å². The molecule has 112 valence electrons. The molecule has 0 saturated carbocycles. The Morgan fingerprint density at radius 3 is 1.80 bits per heavy atom. The summed E-state index contributed by atoms with van der Waals surface area (Å²) in [5, 5.41) is 16.6. The number of rotatable bonds is 5. The van der Waals surface area contributed by atoms with Gasteiger partial charge in [0, 0.05) is 6.42 Å². The van der Waals surface area contributed by atoms with Gasteiger partial charge in [-0.3, -0.25) is 9.59 Å². The van der Waals surface area contributed by atoms with Crippen LogP contribution in [0.15, 0.2) is 24.3 Å². The highest BCUT2D eigenvalue weighted by atomic mass is 16.4. The van der Waals surface area contributed by atoms with Gasteiger partial charge in [0.2, 0.25) is 0 Å². The highest BCUT2D eigenvalue weighted by Crippen LogP contribution is 2.17. The first-order chi connectivity index (χ1) is 9.27. The largest absolute Gasteiger partial charge is 0.481 e. The SMILES string of the molecule is CC(C)Cc1ccc([C@@H](C)C(=O)O)cc1.CCC(=O)O. The topological polar surface area (TPSA) is 74.6 Å². The summed E-state index contributed by atoms with van der Waals surface area (Å²) >= 11 is 0. The molecular weight excluding hydrogens is 256 g/mol. The van der Waals surface area contributed by atoms with Crippen molar-refractivity contribution in [2.24, 2.45) is 5.92 Å². The van der Waals surface area contributed by atoms with E-state index in [1.54, 1.807) is 13.8 Å². The van der Waals surface area contributed by atoms with E-state index >= 15 is 0 Å². The quantitative estimate of drug-likeness (QED) is 0.864. The molecule has 4 heteroatoms. The van der Waals surface area contributed by atoms with Crippen molar-refractivity contribution in [3.8, 4) is 0 Å². The van der Waals surface area contributed by atoms with E-state index in [0.717, 1.165) is 12.0 Å². The van der Waals surface area contributed by atoms with Crippen LogP contribution in [0, 0.1) is 5.92 Å². The van der Waals surface area contributed by atoms with Crippen molar-refractivity contribution in [1.29, 1.82) is 0 Å². The molecule has 1 aromatic carbocycles. The highest BCUT2D eigenvalue weighted by molar-refractivity contribution is 5.75. The summed E-state index contributed by atoms with van der Waals surface area (Å²) < 4.78 is 0. The Kier molecular flexibility index (Phi) is 8.29. The fourth-order valence-corrected chi connectivity index (χ4v) is 1.56. The van der Waals surface area contributed by atoms with Crippen LogP contribution in [0.1, 0.15) is 51.2 Å². The summed E-state index contributed by atoms with van der Waals surface area (Å²) in [7, 11) is 0. The molecule has 0 fully saturated rings. The first-order valence-corrected chi connectivity index (χ1v) is 6.81. The highest BCUT2D eigenvalue weighted by Gasteiger charge is 2.12. The fraction of sp³-hybridized carbons (Fsp3) is 0.500. The molecule has 1 atom stereocenters. The molecule has 0 unspecified atom stereocenters. The lowest BCUT2D eigenvalue weighted by atomic mass is 9.97. The van der Waals surface area contributed by atoms with Gasteiger partial charge in [0.15, 0.2) is 0 Å². The van der Waals surface area contributed by atoms with E-state index < -0.39 is 17.9 Å². The molecular formula is C16H24O4. The van der Waals surface area contributed by atoms with Gasteiger partial charge in [-0.15, -0.1) is 0 Å². The second-order valence-corrected chi connectivity index (χ2v) is 5.15. The minimum atomic E-state index is -0.772. The maximum Gasteiger partial charge on any atom is 0.310 e. The molecule has 0 aliphatic carbocycles. The van der Waals surface area contributed by atoms with Crippen LogP contribution in [0.4, 0.5) is 0 Å². The normalized spacial score (nSPS) is 11.4. The maximum atomic E-state index is 10.8. The van der Waals surface area contributed by atoms with E-state index in [4.69, 9.17) is 10.2 Å². The third-order valence-corrected chi connectivity index (χ3v) is 2.80. The van der Waals surface area contributed by atoms with E-state index in [-0.39, 0.29) is 6.42 Å². The Bertz CT molecular complexity index is 421. The number of benzene rings is 1. The summed E-state index contributed by atoms with van der Waals surface area (Å²) in [4.78, 5) is 20.1. The lowest BCUT2D eigenvalue weighted by Gasteiger charge is -2.09. The average Bonchev–Trinajstić information content (AvgIpc) is 2.38. The van der Waals surface area contributed by atoms with Crippen molar-refractivity contribution >= 4 is 11.9 Å². The number of carboxylic acids is 2. The van der Waals surface area contributed by atoms with Crippen molar-refractivity contribution in [1.82, 2.24) is 0 Å². The van der Waals surface area contributed by atoms with E-state index in [9.17, 15) is 9.59 Å². The molecule has 0 radical (unpaired) electrons. The number of hydrogen-bond donors (Lipinski definition) is 2. The summed E-state index contributed by atoms with van der Waals surface area (Å²) in [5.74, 6) is -1.30. The van der Waals surface area contributed by atoms with Crippen molar-refractivity contribution in [2.75, 3.05) is 0 Å². The Morgan fingerprint density at radius 1 is 1.05 bits per heavy atom. The van der Waals surface area contributed by atoms with Gasteiger partial charge in [-0.05, 0) is 30.4 Å². The number of aliphatic carboxylic acids is 2. The van der Waals surface area contributed by atoms with Gasteiger partial charge in [-0.2, -0.15) is 0 Å². The molecule has 0 aromatic heterocycles. The third-order valence-electron chi connectivity index (χ3n) is 2.80. The molecule has 0 heterocycles. The van der Waals surface area contributed by atoms with Crippen LogP contribution < -0.4 is 0 Å². The maximum absolute atomic E-state index is 10.8. The fourth-order valence-electron chi connectivity index (χ4n) is 1.56. The second kappa shape index (κ2) is 9.13. The average molecular weight is 280 g/mol. The predicted octanol–water partition coefficient (Wildman–Crippen LogP) is 3.55. The molecule has 0 amide bonds. The standard InChI is InChI=1S/C13H18O2.C3H6O2/c1-9(2)8-11-4-6-12(7-5-11)10(3)13(14)15;1-2-3(4)5/h4-7,9-10H,8H2,1-3H3,(H,14,15);2H2,1H3,(H,4,5)/t10-;/m1./s1. The summed E-state index contributed by atoms with van der Waals surface area (Å²) in [6.07, 6.45) is 1.27. The lowest BCUT2D eigenvalue weighted by molar-refractivity contribution is -0.138. The van der Waals surface area contributed by atoms with Crippen molar-refractivity contribution in [3.05, 3.63) is 35.4 Å². The van der Waals surface area contributed by atoms with Gasteiger partial charge in [0.1, 0.15) is 0 Å². The minimum absolute atomic E-state index is 0.222. The zero-order chi connectivity index (χ0) is 15.7. The molecule has 1 rings (SSSR count). The molecule has 0 aliphatic rings. The molecule has 0 aliphatic heterocycles. The number of carbonyl (C=O) groups is 2. The molecule has 20 heavy (non-hydrogen) atoms. The molecule has 0 saturated heterocycles. The molecule has 0 spiro atoms. The third kappa shape index (κ3) is 7.56. The smallest absolute Gasteiger partial charge is 0.310 e. The zero-order valence-electron chi connectivity index (χ0n) is 12.6. The van der Waals surface area contributed by atoms with Crippen LogP contribution in [0.3, 0.4) is 0 Å². The molecule has 2 N–H and O–H groups in total. The van der Waals surface area contributed by atoms with Gasteiger partial charge >= 0.3 is 11.9 Å². The van der Waals surface area contributed by atoms with Gasteiger partial charge in [-0.1, -0.05) is 45.0 Å². The van der Waals surface area contributed by atoms with Gasteiger partial charge in [0.05, 0.1) is 5.92 Å². The van der Waals surface area contributed by atoms with E-state index in [1.807, 2.05) is 24.3 Å². The Morgan fingerprint density at radius 2 is 1.50 bits per heavy atom. The Hall–Kier alpha value is -1.84. The van der Waals surface area contributed by atoms with Crippen LogP contribution in [-0.2, 0) is 16.0 Å². The van der Waals surface area contributed by atoms with Crippen LogP contribution in [0.5, 0.6) is 0 Å².